The number of guanidine groups is 4. The average molecular weight is 1380 g/mol. The monoisotopic (exact) mass is 1370 g/mol. The number of carbonyl (C=O) groups excluding carboxylic acids is 4. The zero-order valence-corrected chi connectivity index (χ0v) is 53.7. The minimum absolute atomic E-state index is 0.00137. The van der Waals surface area contributed by atoms with Gasteiger partial charge < -0.3 is 32.4 Å². The molecule has 0 saturated carbocycles. The van der Waals surface area contributed by atoms with Crippen LogP contribution >= 0.6 is 0 Å². The number of nitrogens with two attached hydrogens (primary N) is 4. The topological polar surface area (TPSA) is 253 Å². The standard InChI is InChI=1S/C19H18F3N3O2.C18H17F2N3O.C17H13F4N3O2.C16H13F2N3O/c1-10-6-12(4-5-16(10)27-11(2)20)19(17(26)25(3)18(23)24-19)13-7-14(21)9-15(22)8-13;1-10-4-11(2)6-12(5-10)18(16(24)23(3)17(21)22-18)13-7-14(19)9-15(20)8-13;1-24-14(25)17(23-16(24)22,10-5-11(18)8-12(19)6-10)9-3-2-4-13(7-9)26-15(20)21;1-21-14(22)16(20-15(21)19,10-5-3-2-4-6-10)11-7-12(17)9-13(18)8-11/h4-9,11H,1-3H3,(H2,23,24);4-9H,1-3H3,(H2,21,22);2-8,15H,1H3,(H2,22,23);2-9H,1H3,(H2,19,20). The summed E-state index contributed by atoms with van der Waals surface area (Å²) in [6.45, 7) is 3.59. The van der Waals surface area contributed by atoms with Crippen molar-refractivity contribution < 1.29 is 76.9 Å². The highest BCUT2D eigenvalue weighted by Crippen LogP contribution is 2.45. The molecule has 0 aliphatic carbocycles. The van der Waals surface area contributed by atoms with Gasteiger partial charge in [0.05, 0.1) is 0 Å². The number of benzene rings is 8. The lowest BCUT2D eigenvalue weighted by atomic mass is 9.81. The number of aliphatic imine (C=N–C) groups is 4. The van der Waals surface area contributed by atoms with Gasteiger partial charge in [-0.1, -0.05) is 77.9 Å². The normalized spacial score (nSPS) is 20.5. The molecule has 4 heterocycles. The molecule has 29 heteroatoms. The summed E-state index contributed by atoms with van der Waals surface area (Å²) in [7, 11) is 5.73. The summed E-state index contributed by atoms with van der Waals surface area (Å²) in [5.41, 5.74) is 20.2. The van der Waals surface area contributed by atoms with Crippen molar-refractivity contribution >= 4 is 47.5 Å². The Hall–Kier alpha value is -11.7. The van der Waals surface area contributed by atoms with E-state index in [2.05, 4.69) is 24.7 Å². The molecule has 4 aliphatic heterocycles. The smallest absolute Gasteiger partial charge is 0.387 e. The average Bonchev–Trinajstić information content (AvgIpc) is 1.65. The second kappa shape index (κ2) is 27.8. The summed E-state index contributed by atoms with van der Waals surface area (Å²) >= 11 is 0. The Balaban J connectivity index is 0.000000155. The number of halogens is 11. The van der Waals surface area contributed by atoms with Crippen molar-refractivity contribution in [1.82, 2.24) is 19.6 Å². The largest absolute Gasteiger partial charge is 0.460 e. The molecule has 0 aromatic heterocycles. The first-order chi connectivity index (χ1) is 46.6. The van der Waals surface area contributed by atoms with Gasteiger partial charge in [0.25, 0.3) is 23.6 Å². The predicted octanol–water partition coefficient (Wildman–Crippen LogP) is 10.2. The van der Waals surface area contributed by atoms with Gasteiger partial charge in [-0.2, -0.15) is 8.78 Å². The molecule has 18 nitrogen and oxygen atoms in total. The first kappa shape index (κ1) is 71.6. The second-order valence-corrected chi connectivity index (χ2v) is 23.1. The maximum absolute atomic E-state index is 13.9. The maximum Gasteiger partial charge on any atom is 0.387 e. The summed E-state index contributed by atoms with van der Waals surface area (Å²) in [6.07, 6.45) is -1.52. The number of aryl methyl sites for hydroxylation is 3. The molecule has 8 aromatic carbocycles. The first-order valence-electron chi connectivity index (χ1n) is 29.6. The maximum atomic E-state index is 13.9. The van der Waals surface area contributed by atoms with Crippen LogP contribution in [-0.4, -0.2) is 108 Å². The van der Waals surface area contributed by atoms with Gasteiger partial charge >= 0.3 is 6.61 Å². The summed E-state index contributed by atoms with van der Waals surface area (Å²) in [5.74, 6) is -8.99. The molecule has 5 atom stereocenters. The van der Waals surface area contributed by atoms with Crippen LogP contribution in [-0.2, 0) is 41.3 Å². The fraction of sp³-hybridized carbons (Fsp3) is 0.200. The Morgan fingerprint density at radius 2 is 0.657 bits per heavy atom. The SMILES string of the molecule is CN1C(=O)C(c2cc(F)cc(F)c2)(c2cccc(OC(F)F)c2)N=C1N.CN1C(=O)C(c2ccccc2)(c2cc(F)cc(F)c2)N=C1N.Cc1cc(C)cc(C2(c3cc(F)cc(F)c3)N=C(N)N(C)C2=O)c1.Cc1cc(C2(c3cc(F)cc(F)c3)N=C(N)N(C)C2=O)ccc1OC(C)F. The van der Waals surface area contributed by atoms with Crippen LogP contribution in [0.5, 0.6) is 11.5 Å². The molecule has 514 valence electrons. The van der Waals surface area contributed by atoms with Gasteiger partial charge in [-0.15, -0.1) is 0 Å². The molecule has 4 aliphatic rings. The van der Waals surface area contributed by atoms with E-state index in [-0.39, 0.29) is 63.2 Å². The van der Waals surface area contributed by atoms with Crippen LogP contribution in [0.3, 0.4) is 0 Å². The molecule has 0 spiro atoms. The van der Waals surface area contributed by atoms with Crippen molar-refractivity contribution in [3.8, 4) is 11.5 Å². The lowest BCUT2D eigenvalue weighted by Gasteiger charge is -2.27. The van der Waals surface area contributed by atoms with E-state index in [4.69, 9.17) is 27.7 Å². The minimum atomic E-state index is -3.08. The molecule has 8 N–H and O–H groups in total. The Morgan fingerprint density at radius 1 is 0.354 bits per heavy atom. The van der Waals surface area contributed by atoms with Crippen molar-refractivity contribution in [2.45, 2.75) is 62.8 Å². The van der Waals surface area contributed by atoms with Gasteiger partial charge in [-0.3, -0.25) is 38.8 Å². The van der Waals surface area contributed by atoms with Crippen LogP contribution in [0.2, 0.25) is 0 Å². The van der Waals surface area contributed by atoms with Crippen molar-refractivity contribution in [3.05, 3.63) is 272 Å². The van der Waals surface area contributed by atoms with E-state index in [9.17, 15) is 67.5 Å². The third-order valence-electron chi connectivity index (χ3n) is 16.3. The van der Waals surface area contributed by atoms with Crippen LogP contribution in [0.1, 0.15) is 68.1 Å². The van der Waals surface area contributed by atoms with Crippen LogP contribution < -0.4 is 32.4 Å². The lowest BCUT2D eigenvalue weighted by Crippen LogP contribution is -2.41. The van der Waals surface area contributed by atoms with Gasteiger partial charge in [0.15, 0.2) is 46.0 Å². The summed E-state index contributed by atoms with van der Waals surface area (Å²) in [5, 5.41) is 0. The zero-order chi connectivity index (χ0) is 72.5. The summed E-state index contributed by atoms with van der Waals surface area (Å²) in [4.78, 5) is 73.1. The Labute approximate surface area is 559 Å². The first-order valence-corrected chi connectivity index (χ1v) is 29.6. The van der Waals surface area contributed by atoms with Crippen molar-refractivity contribution in [2.24, 2.45) is 42.9 Å². The highest BCUT2D eigenvalue weighted by atomic mass is 19.3. The van der Waals surface area contributed by atoms with E-state index in [0.717, 1.165) is 87.7 Å². The number of rotatable bonds is 12. The Kier molecular flexibility index (Phi) is 20.1. The van der Waals surface area contributed by atoms with Crippen molar-refractivity contribution in [1.29, 1.82) is 0 Å². The number of likely N-dealkylation sites (N-methyl/N-ethyl adjacent to an activating group) is 4. The van der Waals surface area contributed by atoms with Gasteiger partial charge in [-0.05, 0) is 144 Å². The number of alkyl halides is 3. The van der Waals surface area contributed by atoms with E-state index in [1.807, 2.05) is 19.9 Å². The number of amides is 4. The highest BCUT2D eigenvalue weighted by Gasteiger charge is 2.54. The third kappa shape index (κ3) is 13.8. The fourth-order valence-electron chi connectivity index (χ4n) is 11.7. The van der Waals surface area contributed by atoms with Crippen LogP contribution in [0.4, 0.5) is 48.3 Å². The van der Waals surface area contributed by atoms with Gasteiger partial charge in [0.1, 0.15) is 58.0 Å². The molecule has 0 radical (unpaired) electrons. The van der Waals surface area contributed by atoms with E-state index in [1.165, 1.54) is 75.2 Å². The third-order valence-corrected chi connectivity index (χ3v) is 16.3. The number of hydrogen-bond donors (Lipinski definition) is 4. The van der Waals surface area contributed by atoms with Crippen LogP contribution in [0, 0.1) is 67.3 Å². The molecule has 0 bridgehead atoms. The molecule has 99 heavy (non-hydrogen) atoms. The molecule has 12 rings (SSSR count). The number of ether oxygens (including phenoxy) is 2. The molecule has 0 fully saturated rings. The second-order valence-electron chi connectivity index (χ2n) is 23.1. The van der Waals surface area contributed by atoms with Crippen molar-refractivity contribution in [2.75, 3.05) is 28.2 Å². The van der Waals surface area contributed by atoms with Gasteiger partial charge in [0, 0.05) is 59.4 Å². The van der Waals surface area contributed by atoms with E-state index < -0.39 is 105 Å². The molecule has 4 amide bonds. The summed E-state index contributed by atoms with van der Waals surface area (Å²) < 4.78 is 158. The van der Waals surface area contributed by atoms with Crippen LogP contribution in [0.25, 0.3) is 0 Å². The van der Waals surface area contributed by atoms with E-state index in [0.29, 0.717) is 34.4 Å². The van der Waals surface area contributed by atoms with E-state index >= 15 is 0 Å². The Bertz CT molecular complexity index is 4510. The van der Waals surface area contributed by atoms with Gasteiger partial charge in [0.2, 0.25) is 6.36 Å². The lowest BCUT2D eigenvalue weighted by molar-refractivity contribution is -0.130. The fourth-order valence-corrected chi connectivity index (χ4v) is 11.7. The zero-order valence-electron chi connectivity index (χ0n) is 53.7. The van der Waals surface area contributed by atoms with Crippen LogP contribution in [0.15, 0.2) is 184 Å². The number of carbonyl (C=O) groups is 4. The molecular weight excluding hydrogens is 1310 g/mol. The number of nitrogens with zero attached hydrogens (tertiary/aromatic N) is 8. The minimum Gasteiger partial charge on any atom is -0.460 e. The highest BCUT2D eigenvalue weighted by molar-refractivity contribution is 6.11. The quantitative estimate of drug-likeness (QED) is 0.0842. The molecule has 0 saturated heterocycles. The molecular formula is C70H61F11N12O6. The van der Waals surface area contributed by atoms with Gasteiger partial charge in [-0.25, -0.2) is 59.5 Å². The Morgan fingerprint density at radius 3 is 0.960 bits per heavy atom. The van der Waals surface area contributed by atoms with E-state index in [1.54, 1.807) is 55.5 Å². The molecule has 8 aromatic rings. The predicted molar refractivity (Wildman–Crippen MR) is 344 cm³/mol. The summed E-state index contributed by atoms with van der Waals surface area (Å²) in [6, 6.07) is 35.1. The number of hydrogen-bond acceptors (Lipinski definition) is 14. The van der Waals surface area contributed by atoms with Crippen molar-refractivity contribution in [3.63, 3.8) is 0 Å². The molecule has 5 unspecified atom stereocenters.